The van der Waals surface area contributed by atoms with E-state index in [4.69, 9.17) is 4.74 Å². The zero-order valence-electron chi connectivity index (χ0n) is 12.0. The Morgan fingerprint density at radius 3 is 2.75 bits per heavy atom. The maximum atomic E-state index is 11.9. The molecule has 2 N–H and O–H groups in total. The van der Waals surface area contributed by atoms with Crippen LogP contribution in [-0.2, 0) is 4.79 Å². The second-order valence-corrected chi connectivity index (χ2v) is 6.00. The highest BCUT2D eigenvalue weighted by Crippen LogP contribution is 2.35. The van der Waals surface area contributed by atoms with E-state index >= 15 is 0 Å². The summed E-state index contributed by atoms with van der Waals surface area (Å²) >= 11 is 0. The molecule has 1 aromatic carbocycles. The molecule has 5 heteroatoms. The van der Waals surface area contributed by atoms with Gasteiger partial charge >= 0.3 is 0 Å². The lowest BCUT2D eigenvalue weighted by molar-refractivity contribution is -0.118. The van der Waals surface area contributed by atoms with Gasteiger partial charge in [0.2, 0.25) is 5.91 Å². The molecule has 1 fully saturated rings. The molecule has 20 heavy (non-hydrogen) atoms. The zero-order chi connectivity index (χ0) is 14.2. The highest BCUT2D eigenvalue weighted by atomic mass is 16.5. The molecule has 1 aromatic rings. The van der Waals surface area contributed by atoms with Crippen LogP contribution < -0.4 is 20.3 Å². The van der Waals surface area contributed by atoms with Gasteiger partial charge < -0.3 is 20.3 Å². The normalized spacial score (nSPS) is 21.5. The van der Waals surface area contributed by atoms with Crippen LogP contribution in [0.2, 0.25) is 0 Å². The fourth-order valence-corrected chi connectivity index (χ4v) is 2.74. The molecule has 3 rings (SSSR count). The summed E-state index contributed by atoms with van der Waals surface area (Å²) in [5, 5.41) is 6.29. The first kappa shape index (κ1) is 13.2. The molecule has 108 valence electrons. The van der Waals surface area contributed by atoms with E-state index in [1.165, 1.54) is 0 Å². The lowest BCUT2D eigenvalue weighted by Crippen LogP contribution is -2.43. The van der Waals surface area contributed by atoms with Gasteiger partial charge in [-0.2, -0.15) is 0 Å². The Morgan fingerprint density at radius 1 is 1.25 bits per heavy atom. The van der Waals surface area contributed by atoms with Crippen molar-refractivity contribution in [2.45, 2.75) is 25.9 Å². The molecule has 0 saturated carbocycles. The summed E-state index contributed by atoms with van der Waals surface area (Å²) in [6.45, 7) is 7.83. The molecular formula is C15H21N3O2. The Labute approximate surface area is 119 Å². The van der Waals surface area contributed by atoms with Crippen LogP contribution in [0.5, 0.6) is 5.75 Å². The second kappa shape index (κ2) is 4.98. The lowest BCUT2D eigenvalue weighted by Gasteiger charge is -2.30. The van der Waals surface area contributed by atoms with Gasteiger partial charge in [0.05, 0.1) is 12.1 Å². The van der Waals surface area contributed by atoms with Crippen molar-refractivity contribution in [1.29, 1.82) is 0 Å². The third kappa shape index (κ3) is 2.72. The number of hydrogen-bond acceptors (Lipinski definition) is 4. The van der Waals surface area contributed by atoms with Gasteiger partial charge in [-0.25, -0.2) is 0 Å². The Balaban J connectivity index is 1.90. The fraction of sp³-hybridized carbons (Fsp3) is 0.533. The highest BCUT2D eigenvalue weighted by Gasteiger charge is 2.29. The van der Waals surface area contributed by atoms with E-state index in [1.807, 2.05) is 26.0 Å². The van der Waals surface area contributed by atoms with Crippen molar-refractivity contribution >= 4 is 17.3 Å². The first-order chi connectivity index (χ1) is 9.53. The summed E-state index contributed by atoms with van der Waals surface area (Å²) in [5.41, 5.74) is 1.44. The molecule has 0 unspecified atom stereocenters. The van der Waals surface area contributed by atoms with Crippen LogP contribution in [-0.4, -0.2) is 37.7 Å². The minimum Gasteiger partial charge on any atom is -0.485 e. The van der Waals surface area contributed by atoms with Crippen molar-refractivity contribution in [1.82, 2.24) is 5.32 Å². The summed E-state index contributed by atoms with van der Waals surface area (Å²) in [6, 6.07) is 6.04. The second-order valence-electron chi connectivity index (χ2n) is 6.00. The Morgan fingerprint density at radius 2 is 2.00 bits per heavy atom. The van der Waals surface area contributed by atoms with Crippen LogP contribution in [0.15, 0.2) is 18.2 Å². The third-order valence-electron chi connectivity index (χ3n) is 3.69. The third-order valence-corrected chi connectivity index (χ3v) is 3.69. The summed E-state index contributed by atoms with van der Waals surface area (Å²) in [6.07, 6.45) is 0.366. The van der Waals surface area contributed by atoms with Gasteiger partial charge in [0.1, 0.15) is 11.4 Å². The number of fused-ring (bicyclic) bond motifs is 1. The maximum Gasteiger partial charge on any atom is 0.228 e. The number of rotatable bonds is 1. The molecule has 5 nitrogen and oxygen atoms in total. The molecule has 0 spiro atoms. The fourth-order valence-electron chi connectivity index (χ4n) is 2.74. The number of amides is 1. The Bertz CT molecular complexity index is 522. The summed E-state index contributed by atoms with van der Waals surface area (Å²) in [7, 11) is 0. The van der Waals surface area contributed by atoms with Gasteiger partial charge in [0.15, 0.2) is 0 Å². The summed E-state index contributed by atoms with van der Waals surface area (Å²) < 4.78 is 5.94. The van der Waals surface area contributed by atoms with Gasteiger partial charge in [-0.1, -0.05) is 0 Å². The molecule has 0 radical (unpaired) electrons. The zero-order valence-corrected chi connectivity index (χ0v) is 12.0. The molecule has 0 aromatic heterocycles. The van der Waals surface area contributed by atoms with Crippen LogP contribution in [0.1, 0.15) is 20.3 Å². The molecule has 2 aliphatic heterocycles. The van der Waals surface area contributed by atoms with Crippen LogP contribution >= 0.6 is 0 Å². The van der Waals surface area contributed by atoms with Crippen LogP contribution in [0.3, 0.4) is 0 Å². The van der Waals surface area contributed by atoms with Crippen molar-refractivity contribution in [3.8, 4) is 5.75 Å². The van der Waals surface area contributed by atoms with Gasteiger partial charge in [-0.15, -0.1) is 0 Å². The standard InChI is InChI=1S/C15H21N3O2/c1-15(2)10-14(19)17-12-9-11(3-4-13(12)20-15)18-7-5-16-6-8-18/h3-4,9,16H,5-8,10H2,1-2H3,(H,17,19). The van der Waals surface area contributed by atoms with E-state index < -0.39 is 5.60 Å². The van der Waals surface area contributed by atoms with Crippen molar-refractivity contribution in [2.75, 3.05) is 36.4 Å². The first-order valence-electron chi connectivity index (χ1n) is 7.12. The Hall–Kier alpha value is -1.75. The average molecular weight is 275 g/mol. The molecule has 1 saturated heterocycles. The summed E-state index contributed by atoms with van der Waals surface area (Å²) in [5.74, 6) is 0.756. The highest BCUT2D eigenvalue weighted by molar-refractivity contribution is 5.94. The number of anilines is 2. The molecule has 2 heterocycles. The molecule has 2 aliphatic rings. The average Bonchev–Trinajstić information content (AvgIpc) is 2.52. The number of carbonyl (C=O) groups is 1. The topological polar surface area (TPSA) is 53.6 Å². The van der Waals surface area contributed by atoms with Crippen molar-refractivity contribution in [2.24, 2.45) is 0 Å². The predicted molar refractivity (Wildman–Crippen MR) is 79.5 cm³/mol. The SMILES string of the molecule is CC1(C)CC(=O)Nc2cc(N3CCNCC3)ccc2O1. The van der Waals surface area contributed by atoms with Crippen LogP contribution in [0, 0.1) is 0 Å². The van der Waals surface area contributed by atoms with Gasteiger partial charge in [0.25, 0.3) is 0 Å². The number of ether oxygens (including phenoxy) is 1. The van der Waals surface area contributed by atoms with Gasteiger partial charge in [-0.05, 0) is 32.0 Å². The monoisotopic (exact) mass is 275 g/mol. The maximum absolute atomic E-state index is 11.9. The molecule has 0 atom stereocenters. The molecule has 0 aliphatic carbocycles. The minimum atomic E-state index is -0.466. The number of carbonyl (C=O) groups excluding carboxylic acids is 1. The van der Waals surface area contributed by atoms with E-state index in [2.05, 4.69) is 21.6 Å². The lowest BCUT2D eigenvalue weighted by atomic mass is 10.1. The Kier molecular flexibility index (Phi) is 3.30. The smallest absolute Gasteiger partial charge is 0.228 e. The number of hydrogen-bond donors (Lipinski definition) is 2. The number of benzene rings is 1. The van der Waals surface area contributed by atoms with Crippen molar-refractivity contribution in [3.63, 3.8) is 0 Å². The molecular weight excluding hydrogens is 254 g/mol. The number of nitrogens with one attached hydrogen (secondary N) is 2. The first-order valence-corrected chi connectivity index (χ1v) is 7.12. The van der Waals surface area contributed by atoms with E-state index in [0.717, 1.165) is 43.3 Å². The van der Waals surface area contributed by atoms with Crippen molar-refractivity contribution in [3.05, 3.63) is 18.2 Å². The van der Waals surface area contributed by atoms with E-state index in [0.29, 0.717) is 6.42 Å². The predicted octanol–water partition coefficient (Wildman–Crippen LogP) is 1.60. The van der Waals surface area contributed by atoms with E-state index in [9.17, 15) is 4.79 Å². The van der Waals surface area contributed by atoms with E-state index in [1.54, 1.807) is 0 Å². The largest absolute Gasteiger partial charge is 0.485 e. The van der Waals surface area contributed by atoms with Gasteiger partial charge in [0, 0.05) is 31.9 Å². The number of nitrogens with zero attached hydrogens (tertiary/aromatic N) is 1. The van der Waals surface area contributed by atoms with Crippen LogP contribution in [0.4, 0.5) is 11.4 Å². The quantitative estimate of drug-likeness (QED) is 0.817. The molecule has 1 amide bonds. The summed E-state index contributed by atoms with van der Waals surface area (Å²) in [4.78, 5) is 14.3. The minimum absolute atomic E-state index is 0.00575. The van der Waals surface area contributed by atoms with Gasteiger partial charge in [-0.3, -0.25) is 4.79 Å². The van der Waals surface area contributed by atoms with E-state index in [-0.39, 0.29) is 5.91 Å². The van der Waals surface area contributed by atoms with Crippen molar-refractivity contribution < 1.29 is 9.53 Å². The number of piperazine rings is 1. The van der Waals surface area contributed by atoms with Crippen LogP contribution in [0.25, 0.3) is 0 Å². The molecule has 0 bridgehead atoms.